The molecule has 3 aromatic heterocycles. The number of hydrogen-bond acceptors (Lipinski definition) is 5. The van der Waals surface area contributed by atoms with E-state index < -0.39 is 10.0 Å². The molecule has 1 aromatic carbocycles. The van der Waals surface area contributed by atoms with Crippen LogP contribution in [0.15, 0.2) is 65.8 Å². The van der Waals surface area contributed by atoms with Gasteiger partial charge in [-0.15, -0.1) is 0 Å². The third kappa shape index (κ3) is 2.56. The molecule has 6 nitrogen and oxygen atoms in total. The van der Waals surface area contributed by atoms with Gasteiger partial charge in [-0.25, -0.2) is 27.3 Å². The van der Waals surface area contributed by atoms with Gasteiger partial charge in [0.25, 0.3) is 10.0 Å². The van der Waals surface area contributed by atoms with Crippen molar-refractivity contribution in [3.8, 4) is 11.3 Å². The topological polar surface area (TPSA) is 77.7 Å². The van der Waals surface area contributed by atoms with Gasteiger partial charge in [-0.2, -0.15) is 0 Å². The maximum absolute atomic E-state index is 13.2. The zero-order valence-electron chi connectivity index (χ0n) is 13.7. The molecule has 4 aromatic rings. The zero-order chi connectivity index (χ0) is 18.3. The van der Waals surface area contributed by atoms with E-state index in [9.17, 15) is 8.42 Å². The minimum absolute atomic E-state index is 0.0950. The van der Waals surface area contributed by atoms with Crippen LogP contribution in [0.25, 0.3) is 22.3 Å². The Kier molecular flexibility index (Phi) is 3.97. The van der Waals surface area contributed by atoms with Crippen molar-refractivity contribution in [2.45, 2.75) is 11.8 Å². The number of nitrogens with zero attached hydrogens (tertiary/aromatic N) is 4. The summed E-state index contributed by atoms with van der Waals surface area (Å²) < 4.78 is 27.7. The lowest BCUT2D eigenvalue weighted by Crippen LogP contribution is -2.15. The van der Waals surface area contributed by atoms with E-state index in [-0.39, 0.29) is 10.2 Å². The van der Waals surface area contributed by atoms with E-state index in [0.29, 0.717) is 28.0 Å². The fraction of sp³-hybridized carbons (Fsp3) is 0.0556. The summed E-state index contributed by atoms with van der Waals surface area (Å²) in [7, 11) is -3.82. The Balaban J connectivity index is 2.08. The highest BCUT2D eigenvalue weighted by atomic mass is 35.5. The van der Waals surface area contributed by atoms with Crippen LogP contribution in [0.5, 0.6) is 0 Å². The molecule has 4 rings (SSSR count). The molecule has 0 saturated carbocycles. The Morgan fingerprint density at radius 3 is 2.46 bits per heavy atom. The molecule has 0 spiro atoms. The summed E-state index contributed by atoms with van der Waals surface area (Å²) in [6.07, 6.45) is 3.10. The maximum atomic E-state index is 13.2. The van der Waals surface area contributed by atoms with Crippen molar-refractivity contribution in [2.24, 2.45) is 0 Å². The number of hydrogen-bond donors (Lipinski definition) is 0. The lowest BCUT2D eigenvalue weighted by molar-refractivity contribution is 0.587. The van der Waals surface area contributed by atoms with E-state index in [4.69, 9.17) is 11.6 Å². The van der Waals surface area contributed by atoms with Gasteiger partial charge in [0.15, 0.2) is 5.65 Å². The van der Waals surface area contributed by atoms with Crippen molar-refractivity contribution >= 4 is 32.7 Å². The Hall–Kier alpha value is -2.77. The first-order chi connectivity index (χ1) is 12.5. The fourth-order valence-electron chi connectivity index (χ4n) is 3.00. The molecule has 0 aliphatic heterocycles. The Labute approximate surface area is 155 Å². The van der Waals surface area contributed by atoms with Crippen molar-refractivity contribution < 1.29 is 8.42 Å². The van der Waals surface area contributed by atoms with Crippen molar-refractivity contribution in [1.82, 2.24) is 18.9 Å². The molecule has 8 heteroatoms. The van der Waals surface area contributed by atoms with Gasteiger partial charge in [0.1, 0.15) is 0 Å². The fourth-order valence-corrected chi connectivity index (χ4v) is 4.68. The number of fused-ring (bicyclic) bond motifs is 1. The highest BCUT2D eigenvalue weighted by Gasteiger charge is 2.26. The SMILES string of the molecule is Cc1c(-c2ccnc(Cl)n2)c2cccnc2n1S(=O)(=O)c1ccccc1. The van der Waals surface area contributed by atoms with Crippen molar-refractivity contribution in [1.29, 1.82) is 0 Å². The molecule has 0 aliphatic rings. The van der Waals surface area contributed by atoms with Crippen LogP contribution in [0.2, 0.25) is 5.28 Å². The first kappa shape index (κ1) is 16.7. The maximum Gasteiger partial charge on any atom is 0.269 e. The molecule has 130 valence electrons. The van der Waals surface area contributed by atoms with Gasteiger partial charge < -0.3 is 0 Å². The van der Waals surface area contributed by atoms with Crippen LogP contribution >= 0.6 is 11.6 Å². The summed E-state index contributed by atoms with van der Waals surface area (Å²) in [4.78, 5) is 12.6. The quantitative estimate of drug-likeness (QED) is 0.503. The second-order valence-electron chi connectivity index (χ2n) is 5.63. The molecular weight excluding hydrogens is 372 g/mol. The Morgan fingerprint density at radius 2 is 1.73 bits per heavy atom. The predicted octanol–water partition coefficient (Wildman–Crippen LogP) is 3.69. The largest absolute Gasteiger partial charge is 0.269 e. The van der Waals surface area contributed by atoms with E-state index in [0.717, 1.165) is 0 Å². The van der Waals surface area contributed by atoms with Gasteiger partial charge in [0.05, 0.1) is 10.6 Å². The van der Waals surface area contributed by atoms with E-state index >= 15 is 0 Å². The van der Waals surface area contributed by atoms with Crippen LogP contribution in [-0.4, -0.2) is 27.3 Å². The molecule has 0 radical (unpaired) electrons. The minimum Gasteiger partial charge on any atom is -0.237 e. The first-order valence-corrected chi connectivity index (χ1v) is 9.57. The highest BCUT2D eigenvalue weighted by molar-refractivity contribution is 7.90. The molecule has 0 aliphatic carbocycles. The number of benzene rings is 1. The van der Waals surface area contributed by atoms with Gasteiger partial charge in [0, 0.05) is 29.0 Å². The van der Waals surface area contributed by atoms with E-state index in [1.165, 1.54) is 10.2 Å². The third-order valence-corrected chi connectivity index (χ3v) is 6.06. The summed E-state index contributed by atoms with van der Waals surface area (Å²) in [5.41, 5.74) is 2.07. The molecule has 3 heterocycles. The smallest absolute Gasteiger partial charge is 0.237 e. The zero-order valence-corrected chi connectivity index (χ0v) is 15.2. The van der Waals surface area contributed by atoms with Gasteiger partial charge in [-0.3, -0.25) is 0 Å². The average molecular weight is 385 g/mol. The molecular formula is C18H13ClN4O2S. The van der Waals surface area contributed by atoms with E-state index in [1.807, 2.05) is 6.07 Å². The second kappa shape index (κ2) is 6.19. The van der Waals surface area contributed by atoms with Crippen LogP contribution < -0.4 is 0 Å². The molecule has 26 heavy (non-hydrogen) atoms. The summed E-state index contributed by atoms with van der Waals surface area (Å²) in [5, 5.41) is 0.775. The monoisotopic (exact) mass is 384 g/mol. The standard InChI is InChI=1S/C18H13ClN4O2S/c1-12-16(15-9-11-21-18(19)22-15)14-8-5-10-20-17(14)23(12)26(24,25)13-6-3-2-4-7-13/h2-11H,1H3. The highest BCUT2D eigenvalue weighted by Crippen LogP contribution is 2.35. The number of aromatic nitrogens is 4. The summed E-state index contributed by atoms with van der Waals surface area (Å²) >= 11 is 5.93. The third-order valence-electron chi connectivity index (χ3n) is 4.08. The lowest BCUT2D eigenvalue weighted by Gasteiger charge is -2.09. The van der Waals surface area contributed by atoms with Crippen molar-refractivity contribution in [2.75, 3.05) is 0 Å². The predicted molar refractivity (Wildman–Crippen MR) is 99.5 cm³/mol. The molecule has 0 atom stereocenters. The van der Waals surface area contributed by atoms with E-state index in [2.05, 4.69) is 15.0 Å². The molecule has 0 N–H and O–H groups in total. The lowest BCUT2D eigenvalue weighted by atomic mass is 10.1. The number of rotatable bonds is 3. The van der Waals surface area contributed by atoms with Crippen LogP contribution in [-0.2, 0) is 10.0 Å². The molecule has 0 unspecified atom stereocenters. The van der Waals surface area contributed by atoms with Crippen LogP contribution in [0.3, 0.4) is 0 Å². The summed E-state index contributed by atoms with van der Waals surface area (Å²) in [5.74, 6) is 0. The molecule has 0 saturated heterocycles. The average Bonchev–Trinajstić information content (AvgIpc) is 2.95. The summed E-state index contributed by atoms with van der Waals surface area (Å²) in [6.45, 7) is 1.73. The second-order valence-corrected chi connectivity index (χ2v) is 7.75. The van der Waals surface area contributed by atoms with Crippen LogP contribution in [0.4, 0.5) is 0 Å². The molecule has 0 bridgehead atoms. The van der Waals surface area contributed by atoms with Gasteiger partial charge in [-0.05, 0) is 48.9 Å². The van der Waals surface area contributed by atoms with Crippen LogP contribution in [0.1, 0.15) is 5.69 Å². The molecule has 0 amide bonds. The number of pyridine rings is 1. The Morgan fingerprint density at radius 1 is 0.962 bits per heavy atom. The van der Waals surface area contributed by atoms with Gasteiger partial charge in [-0.1, -0.05) is 18.2 Å². The van der Waals surface area contributed by atoms with Gasteiger partial charge in [0.2, 0.25) is 5.28 Å². The van der Waals surface area contributed by atoms with E-state index in [1.54, 1.807) is 55.6 Å². The Bertz CT molecular complexity index is 1220. The minimum atomic E-state index is -3.82. The van der Waals surface area contributed by atoms with Crippen LogP contribution in [0, 0.1) is 6.92 Å². The van der Waals surface area contributed by atoms with Crippen molar-refractivity contribution in [3.63, 3.8) is 0 Å². The molecule has 0 fully saturated rings. The first-order valence-electron chi connectivity index (χ1n) is 7.76. The van der Waals surface area contributed by atoms with Crippen molar-refractivity contribution in [3.05, 3.63) is 71.9 Å². The normalized spacial score (nSPS) is 11.8. The van der Waals surface area contributed by atoms with Gasteiger partial charge >= 0.3 is 0 Å². The number of halogens is 1. The summed E-state index contributed by atoms with van der Waals surface area (Å²) in [6, 6.07) is 13.5.